The van der Waals surface area contributed by atoms with E-state index in [0.29, 0.717) is 5.58 Å². The Bertz CT molecular complexity index is 623. The molecule has 2 aromatic rings. The van der Waals surface area contributed by atoms with Crippen molar-refractivity contribution in [2.75, 3.05) is 25.0 Å². The molecular formula is C14H19N3O2. The van der Waals surface area contributed by atoms with Crippen LogP contribution in [0.15, 0.2) is 27.4 Å². The molecule has 0 bridgehead atoms. The fourth-order valence-electron chi connectivity index (χ4n) is 2.59. The van der Waals surface area contributed by atoms with Crippen LogP contribution >= 0.6 is 0 Å². The number of fused-ring (bicyclic) bond motifs is 1. The molecule has 0 aliphatic carbocycles. The van der Waals surface area contributed by atoms with E-state index in [1.807, 2.05) is 18.2 Å². The van der Waals surface area contributed by atoms with E-state index in [-0.39, 0.29) is 5.76 Å². The number of nitrogens with one attached hydrogen (secondary N) is 2. The number of hydrogen-bond donors (Lipinski definition) is 2. The van der Waals surface area contributed by atoms with Crippen molar-refractivity contribution in [3.63, 3.8) is 0 Å². The summed E-state index contributed by atoms with van der Waals surface area (Å²) in [4.78, 5) is 11.4. The second-order valence-electron chi connectivity index (χ2n) is 5.18. The van der Waals surface area contributed by atoms with Crippen LogP contribution in [0.25, 0.3) is 11.1 Å². The van der Waals surface area contributed by atoms with E-state index in [2.05, 4.69) is 10.6 Å². The van der Waals surface area contributed by atoms with Gasteiger partial charge in [-0.3, -0.25) is 4.57 Å². The molecule has 0 unspecified atom stereocenters. The minimum atomic E-state index is -0.314. The number of anilines is 1. The molecule has 1 aromatic carbocycles. The lowest BCUT2D eigenvalue weighted by Gasteiger charge is -2.23. The first-order chi connectivity index (χ1) is 9.24. The topological polar surface area (TPSA) is 59.2 Å². The zero-order valence-electron chi connectivity index (χ0n) is 11.1. The van der Waals surface area contributed by atoms with Crippen molar-refractivity contribution in [2.24, 2.45) is 13.0 Å². The van der Waals surface area contributed by atoms with Gasteiger partial charge in [-0.15, -0.1) is 0 Å². The summed E-state index contributed by atoms with van der Waals surface area (Å²) in [6.45, 7) is 3.20. The number of aryl methyl sites for hydroxylation is 1. The van der Waals surface area contributed by atoms with Gasteiger partial charge in [0.1, 0.15) is 0 Å². The molecule has 0 amide bonds. The summed E-state index contributed by atoms with van der Waals surface area (Å²) in [6, 6.07) is 5.82. The Balaban J connectivity index is 1.72. The Morgan fingerprint density at radius 2 is 2.21 bits per heavy atom. The number of hydrogen-bond acceptors (Lipinski definition) is 4. The SMILES string of the molecule is Cn1c(=O)oc2cc(NCC3CCNCC3)ccc21. The maximum Gasteiger partial charge on any atom is 0.419 e. The van der Waals surface area contributed by atoms with Gasteiger partial charge in [0, 0.05) is 25.3 Å². The molecule has 0 atom stereocenters. The third-order valence-corrected chi connectivity index (χ3v) is 3.85. The van der Waals surface area contributed by atoms with Gasteiger partial charge in [0.2, 0.25) is 0 Å². The third-order valence-electron chi connectivity index (χ3n) is 3.85. The molecule has 0 saturated carbocycles. The van der Waals surface area contributed by atoms with Crippen LogP contribution in [0.3, 0.4) is 0 Å². The van der Waals surface area contributed by atoms with Crippen molar-refractivity contribution < 1.29 is 4.42 Å². The molecule has 3 rings (SSSR count). The lowest BCUT2D eigenvalue weighted by Crippen LogP contribution is -2.31. The second-order valence-corrected chi connectivity index (χ2v) is 5.18. The number of piperidine rings is 1. The van der Waals surface area contributed by atoms with Crippen molar-refractivity contribution in [1.29, 1.82) is 0 Å². The van der Waals surface area contributed by atoms with Crippen LogP contribution in [0.4, 0.5) is 5.69 Å². The molecule has 0 radical (unpaired) electrons. The van der Waals surface area contributed by atoms with Crippen molar-refractivity contribution in [3.8, 4) is 0 Å². The molecule has 2 heterocycles. The van der Waals surface area contributed by atoms with Gasteiger partial charge in [-0.05, 0) is 44.0 Å². The summed E-state index contributed by atoms with van der Waals surface area (Å²) < 4.78 is 6.71. The minimum Gasteiger partial charge on any atom is -0.408 e. The first-order valence-electron chi connectivity index (χ1n) is 6.78. The average molecular weight is 261 g/mol. The van der Waals surface area contributed by atoms with E-state index in [1.165, 1.54) is 17.4 Å². The molecule has 1 aliphatic heterocycles. The van der Waals surface area contributed by atoms with Gasteiger partial charge in [0.15, 0.2) is 5.58 Å². The molecule has 0 spiro atoms. The summed E-state index contributed by atoms with van der Waals surface area (Å²) in [5.41, 5.74) is 2.49. The smallest absolute Gasteiger partial charge is 0.408 e. The Labute approximate surface area is 111 Å². The highest BCUT2D eigenvalue weighted by atomic mass is 16.4. The van der Waals surface area contributed by atoms with Crippen molar-refractivity contribution >= 4 is 16.8 Å². The van der Waals surface area contributed by atoms with Crippen LogP contribution < -0.4 is 16.4 Å². The number of nitrogens with zero attached hydrogens (tertiary/aromatic N) is 1. The molecule has 102 valence electrons. The van der Waals surface area contributed by atoms with E-state index in [9.17, 15) is 4.79 Å². The number of aromatic nitrogens is 1. The fourth-order valence-corrected chi connectivity index (χ4v) is 2.59. The summed E-state index contributed by atoms with van der Waals surface area (Å²) in [7, 11) is 1.72. The van der Waals surface area contributed by atoms with E-state index < -0.39 is 0 Å². The Kier molecular flexibility index (Phi) is 3.29. The second kappa shape index (κ2) is 5.09. The van der Waals surface area contributed by atoms with Gasteiger partial charge in [0.25, 0.3) is 0 Å². The van der Waals surface area contributed by atoms with Gasteiger partial charge in [-0.2, -0.15) is 0 Å². The zero-order chi connectivity index (χ0) is 13.2. The van der Waals surface area contributed by atoms with Gasteiger partial charge >= 0.3 is 5.76 Å². The third kappa shape index (κ3) is 2.51. The Morgan fingerprint density at radius 3 is 3.00 bits per heavy atom. The predicted octanol–water partition coefficient (Wildman–Crippen LogP) is 1.54. The van der Waals surface area contributed by atoms with Crippen LogP contribution in [-0.2, 0) is 7.05 Å². The summed E-state index contributed by atoms with van der Waals surface area (Å²) in [5.74, 6) is 0.408. The summed E-state index contributed by atoms with van der Waals surface area (Å²) in [5, 5.41) is 6.80. The molecule has 1 saturated heterocycles. The molecule has 19 heavy (non-hydrogen) atoms. The summed E-state index contributed by atoms with van der Waals surface area (Å²) in [6.07, 6.45) is 2.44. The molecule has 5 nitrogen and oxygen atoms in total. The quantitative estimate of drug-likeness (QED) is 0.880. The fraction of sp³-hybridized carbons (Fsp3) is 0.500. The zero-order valence-corrected chi connectivity index (χ0v) is 11.1. The van der Waals surface area contributed by atoms with Crippen LogP contribution in [0, 0.1) is 5.92 Å². The Morgan fingerprint density at radius 1 is 1.42 bits per heavy atom. The average Bonchev–Trinajstić information content (AvgIpc) is 2.73. The lowest BCUT2D eigenvalue weighted by atomic mass is 9.98. The normalized spacial score (nSPS) is 16.9. The monoisotopic (exact) mass is 261 g/mol. The predicted molar refractivity (Wildman–Crippen MR) is 75.5 cm³/mol. The maximum atomic E-state index is 11.4. The van der Waals surface area contributed by atoms with Crippen molar-refractivity contribution in [3.05, 3.63) is 28.7 Å². The summed E-state index contributed by atoms with van der Waals surface area (Å²) >= 11 is 0. The van der Waals surface area contributed by atoms with Crippen LogP contribution in [0.2, 0.25) is 0 Å². The van der Waals surface area contributed by atoms with Gasteiger partial charge < -0.3 is 15.1 Å². The number of rotatable bonds is 3. The molecule has 1 aromatic heterocycles. The highest BCUT2D eigenvalue weighted by Gasteiger charge is 2.13. The maximum absolute atomic E-state index is 11.4. The highest BCUT2D eigenvalue weighted by Crippen LogP contribution is 2.19. The highest BCUT2D eigenvalue weighted by molar-refractivity contribution is 5.77. The first-order valence-corrected chi connectivity index (χ1v) is 6.78. The van der Waals surface area contributed by atoms with Gasteiger partial charge in [-0.25, -0.2) is 4.79 Å². The first kappa shape index (κ1) is 12.3. The van der Waals surface area contributed by atoms with Crippen molar-refractivity contribution in [1.82, 2.24) is 9.88 Å². The van der Waals surface area contributed by atoms with Crippen LogP contribution in [-0.4, -0.2) is 24.2 Å². The standard InChI is InChI=1S/C14H19N3O2/c1-17-12-3-2-11(8-13(12)19-14(17)18)16-9-10-4-6-15-7-5-10/h2-3,8,10,15-16H,4-7,9H2,1H3. The molecule has 1 fully saturated rings. The van der Waals surface area contributed by atoms with Crippen molar-refractivity contribution in [2.45, 2.75) is 12.8 Å². The minimum absolute atomic E-state index is 0.314. The van der Waals surface area contributed by atoms with E-state index in [1.54, 1.807) is 7.05 Å². The molecule has 5 heteroatoms. The molecule has 2 N–H and O–H groups in total. The molecule has 1 aliphatic rings. The number of benzene rings is 1. The Hall–Kier alpha value is -1.75. The van der Waals surface area contributed by atoms with E-state index in [0.717, 1.165) is 36.8 Å². The van der Waals surface area contributed by atoms with Gasteiger partial charge in [0.05, 0.1) is 5.52 Å². The van der Waals surface area contributed by atoms with Crippen LogP contribution in [0.1, 0.15) is 12.8 Å². The largest absolute Gasteiger partial charge is 0.419 e. The molecular weight excluding hydrogens is 242 g/mol. The number of oxazole rings is 1. The van der Waals surface area contributed by atoms with E-state index >= 15 is 0 Å². The van der Waals surface area contributed by atoms with Gasteiger partial charge in [-0.1, -0.05) is 0 Å². The van der Waals surface area contributed by atoms with Crippen LogP contribution in [0.5, 0.6) is 0 Å². The lowest BCUT2D eigenvalue weighted by molar-refractivity contribution is 0.390. The van der Waals surface area contributed by atoms with E-state index in [4.69, 9.17) is 4.42 Å².